The molecule has 0 unspecified atom stereocenters. The molecule has 0 saturated heterocycles. The van der Waals surface area contributed by atoms with Crippen molar-refractivity contribution in [3.63, 3.8) is 0 Å². The van der Waals surface area contributed by atoms with Gasteiger partial charge in [-0.1, -0.05) is 18.2 Å². The summed E-state index contributed by atoms with van der Waals surface area (Å²) in [6, 6.07) is 14.6. The van der Waals surface area contributed by atoms with E-state index in [1.54, 1.807) is 48.4 Å². The van der Waals surface area contributed by atoms with Crippen molar-refractivity contribution in [3.8, 4) is 17.0 Å². The van der Waals surface area contributed by atoms with Crippen LogP contribution in [0.4, 0.5) is 0 Å². The third kappa shape index (κ3) is 2.89. The predicted octanol–water partition coefficient (Wildman–Crippen LogP) is 3.42. The van der Waals surface area contributed by atoms with Gasteiger partial charge in [-0.15, -0.1) is 0 Å². The summed E-state index contributed by atoms with van der Waals surface area (Å²) in [6.45, 7) is 0. The zero-order valence-corrected chi connectivity index (χ0v) is 13.5. The molecule has 0 bridgehead atoms. The molecule has 0 spiro atoms. The van der Waals surface area contributed by atoms with Crippen molar-refractivity contribution in [2.24, 2.45) is 0 Å². The number of carbonyl (C=O) groups excluding carboxylic acids is 1. The topological polar surface area (TPSA) is 69.6 Å². The first-order valence-electron chi connectivity index (χ1n) is 7.79. The molecule has 6 heteroatoms. The average molecular weight is 333 g/mol. The van der Waals surface area contributed by atoms with Gasteiger partial charge in [0.15, 0.2) is 17.3 Å². The first-order chi connectivity index (χ1) is 12.2. The third-order valence-electron chi connectivity index (χ3n) is 3.93. The fraction of sp³-hybridized carbons (Fsp3) is 0.105. The number of benzene rings is 1. The first-order valence-corrected chi connectivity index (χ1v) is 7.79. The molecule has 4 rings (SSSR count). The molecule has 3 heterocycles. The van der Waals surface area contributed by atoms with Gasteiger partial charge < -0.3 is 9.15 Å². The van der Waals surface area contributed by atoms with E-state index in [2.05, 4.69) is 10.1 Å². The van der Waals surface area contributed by atoms with Crippen LogP contribution in [-0.2, 0) is 6.42 Å². The zero-order chi connectivity index (χ0) is 17.2. The molecular weight excluding hydrogens is 318 g/mol. The number of aromatic nitrogens is 3. The van der Waals surface area contributed by atoms with E-state index in [-0.39, 0.29) is 12.2 Å². The van der Waals surface area contributed by atoms with Gasteiger partial charge >= 0.3 is 0 Å². The minimum atomic E-state index is -0.0559. The van der Waals surface area contributed by atoms with Crippen LogP contribution in [0.25, 0.3) is 16.9 Å². The van der Waals surface area contributed by atoms with Crippen molar-refractivity contribution >= 4 is 11.4 Å². The largest absolute Gasteiger partial charge is 0.497 e. The number of fused-ring (bicyclic) bond motifs is 1. The maximum absolute atomic E-state index is 12.5. The highest BCUT2D eigenvalue weighted by Gasteiger charge is 2.14. The second-order valence-electron chi connectivity index (χ2n) is 5.55. The van der Waals surface area contributed by atoms with Crippen LogP contribution < -0.4 is 4.74 Å². The van der Waals surface area contributed by atoms with Gasteiger partial charge in [-0.2, -0.15) is 5.10 Å². The number of hydrogen-bond donors (Lipinski definition) is 0. The quantitative estimate of drug-likeness (QED) is 0.523. The van der Waals surface area contributed by atoms with E-state index in [1.165, 1.54) is 0 Å². The summed E-state index contributed by atoms with van der Waals surface area (Å²) >= 11 is 0. The Morgan fingerprint density at radius 2 is 2.08 bits per heavy atom. The lowest BCUT2D eigenvalue weighted by Gasteiger charge is -2.02. The fourth-order valence-corrected chi connectivity index (χ4v) is 2.70. The van der Waals surface area contributed by atoms with Crippen LogP contribution in [0.5, 0.6) is 5.75 Å². The smallest absolute Gasteiger partial charge is 0.170 e. The summed E-state index contributed by atoms with van der Waals surface area (Å²) in [4.78, 5) is 17.0. The summed E-state index contributed by atoms with van der Waals surface area (Å²) in [5.74, 6) is 1.07. The van der Waals surface area contributed by atoms with Crippen LogP contribution in [0.15, 0.2) is 65.5 Å². The van der Waals surface area contributed by atoms with Crippen molar-refractivity contribution in [2.45, 2.75) is 6.42 Å². The van der Waals surface area contributed by atoms with Gasteiger partial charge in [-0.3, -0.25) is 4.79 Å². The van der Waals surface area contributed by atoms with Gasteiger partial charge in [0.25, 0.3) is 0 Å². The lowest BCUT2D eigenvalue weighted by Crippen LogP contribution is -2.05. The molecule has 3 aromatic heterocycles. The number of nitrogens with zero attached hydrogens (tertiary/aromatic N) is 3. The molecular formula is C19H15N3O3. The van der Waals surface area contributed by atoms with Crippen molar-refractivity contribution in [1.82, 2.24) is 14.6 Å². The Bertz CT molecular complexity index is 1040. The Labute approximate surface area is 143 Å². The predicted molar refractivity (Wildman–Crippen MR) is 91.7 cm³/mol. The second-order valence-corrected chi connectivity index (χ2v) is 5.55. The Balaban J connectivity index is 1.66. The van der Waals surface area contributed by atoms with E-state index in [0.29, 0.717) is 22.8 Å². The first kappa shape index (κ1) is 15.1. The van der Waals surface area contributed by atoms with Gasteiger partial charge in [-0.25, -0.2) is 9.50 Å². The van der Waals surface area contributed by atoms with Gasteiger partial charge in [-0.05, 0) is 30.3 Å². The van der Waals surface area contributed by atoms with E-state index < -0.39 is 0 Å². The van der Waals surface area contributed by atoms with Crippen molar-refractivity contribution in [2.75, 3.05) is 7.11 Å². The number of furan rings is 1. The summed E-state index contributed by atoms with van der Waals surface area (Å²) in [5.41, 5.74) is 3.03. The van der Waals surface area contributed by atoms with Crippen LogP contribution in [-0.4, -0.2) is 27.5 Å². The third-order valence-corrected chi connectivity index (χ3v) is 3.93. The van der Waals surface area contributed by atoms with Gasteiger partial charge in [0.1, 0.15) is 5.75 Å². The molecule has 124 valence electrons. The Kier molecular flexibility index (Phi) is 3.78. The number of ether oxygens (including phenoxy) is 1. The summed E-state index contributed by atoms with van der Waals surface area (Å²) in [7, 11) is 1.57. The molecule has 0 aliphatic heterocycles. The van der Waals surface area contributed by atoms with Crippen molar-refractivity contribution in [3.05, 3.63) is 72.4 Å². The lowest BCUT2D eigenvalue weighted by molar-refractivity contribution is 0.0990. The summed E-state index contributed by atoms with van der Waals surface area (Å²) < 4.78 is 12.0. The number of methoxy groups -OCH3 is 1. The Morgan fingerprint density at radius 1 is 1.20 bits per heavy atom. The van der Waals surface area contributed by atoms with Crippen molar-refractivity contribution in [1.29, 1.82) is 0 Å². The van der Waals surface area contributed by atoms with Crippen LogP contribution in [0.2, 0.25) is 0 Å². The molecule has 0 radical (unpaired) electrons. The van der Waals surface area contributed by atoms with E-state index >= 15 is 0 Å². The molecule has 6 nitrogen and oxygen atoms in total. The molecule has 0 N–H and O–H groups in total. The minimum Gasteiger partial charge on any atom is -0.497 e. The Morgan fingerprint density at radius 3 is 2.88 bits per heavy atom. The Hall–Kier alpha value is -3.41. The van der Waals surface area contributed by atoms with E-state index in [9.17, 15) is 4.79 Å². The molecule has 0 aliphatic carbocycles. The number of carbonyl (C=O) groups is 1. The molecule has 1 aromatic carbocycles. The van der Waals surface area contributed by atoms with Crippen LogP contribution in [0, 0.1) is 0 Å². The SMILES string of the molecule is COc1cccc(C(=O)Cc2nc3cccc(-c4ccoc4)n3n2)c1. The molecule has 25 heavy (non-hydrogen) atoms. The molecule has 0 fully saturated rings. The van der Waals surface area contributed by atoms with Crippen LogP contribution in [0.1, 0.15) is 16.2 Å². The molecule has 0 amide bonds. The highest BCUT2D eigenvalue weighted by atomic mass is 16.5. The number of Topliss-reactive ketones (excluding diaryl/α,β-unsaturated/α-hetero) is 1. The molecule has 4 aromatic rings. The number of ketones is 1. The molecule has 0 atom stereocenters. The number of hydrogen-bond acceptors (Lipinski definition) is 5. The minimum absolute atomic E-state index is 0.0559. The standard InChI is InChI=1S/C19H15N3O3/c1-24-15-5-2-4-13(10-15)17(23)11-18-20-19-7-3-6-16(22(19)21-18)14-8-9-25-12-14/h2-10,12H,11H2,1H3. The highest BCUT2D eigenvalue weighted by molar-refractivity contribution is 5.97. The van der Waals surface area contributed by atoms with Crippen LogP contribution >= 0.6 is 0 Å². The maximum Gasteiger partial charge on any atom is 0.170 e. The fourth-order valence-electron chi connectivity index (χ4n) is 2.70. The van der Waals surface area contributed by atoms with Gasteiger partial charge in [0.2, 0.25) is 0 Å². The maximum atomic E-state index is 12.5. The monoisotopic (exact) mass is 333 g/mol. The number of rotatable bonds is 5. The van der Waals surface area contributed by atoms with E-state index in [0.717, 1.165) is 11.3 Å². The second kappa shape index (κ2) is 6.24. The van der Waals surface area contributed by atoms with Gasteiger partial charge in [0.05, 0.1) is 31.8 Å². The summed E-state index contributed by atoms with van der Waals surface area (Å²) in [6.07, 6.45) is 3.38. The average Bonchev–Trinajstić information content (AvgIpc) is 3.30. The van der Waals surface area contributed by atoms with Crippen molar-refractivity contribution < 1.29 is 13.9 Å². The normalized spacial score (nSPS) is 10.9. The van der Waals surface area contributed by atoms with E-state index in [1.807, 2.05) is 24.3 Å². The molecule has 0 saturated carbocycles. The van der Waals surface area contributed by atoms with Crippen LogP contribution in [0.3, 0.4) is 0 Å². The lowest BCUT2D eigenvalue weighted by atomic mass is 10.1. The zero-order valence-electron chi connectivity index (χ0n) is 13.5. The van der Waals surface area contributed by atoms with E-state index in [4.69, 9.17) is 9.15 Å². The van der Waals surface area contributed by atoms with Gasteiger partial charge in [0, 0.05) is 11.1 Å². The number of pyridine rings is 1. The summed E-state index contributed by atoms with van der Waals surface area (Å²) in [5, 5.41) is 4.49. The highest BCUT2D eigenvalue weighted by Crippen LogP contribution is 2.21. The molecule has 0 aliphatic rings.